The molecule has 0 aliphatic carbocycles. The number of aromatic nitrogens is 2. The van der Waals surface area contributed by atoms with Gasteiger partial charge in [-0.05, 0) is 37.8 Å². The largest absolute Gasteiger partial charge is 0.465 e. The Morgan fingerprint density at radius 3 is 2.85 bits per heavy atom. The first-order valence-electron chi connectivity index (χ1n) is 9.21. The van der Waals surface area contributed by atoms with Crippen LogP contribution in [0.25, 0.3) is 0 Å². The third-order valence-corrected chi connectivity index (χ3v) is 4.84. The molecule has 1 aromatic carbocycles. The summed E-state index contributed by atoms with van der Waals surface area (Å²) in [6.07, 6.45) is 5.51. The number of carbonyl (C=O) groups excluding carboxylic acids is 2. The van der Waals surface area contributed by atoms with Crippen molar-refractivity contribution in [3.8, 4) is 0 Å². The Hall–Kier alpha value is -2.96. The van der Waals surface area contributed by atoms with Crippen molar-refractivity contribution in [1.29, 1.82) is 0 Å². The molecule has 2 aromatic rings. The van der Waals surface area contributed by atoms with Gasteiger partial charge in [0.25, 0.3) is 5.91 Å². The van der Waals surface area contributed by atoms with E-state index >= 15 is 0 Å². The summed E-state index contributed by atoms with van der Waals surface area (Å²) < 4.78 is 4.81. The van der Waals surface area contributed by atoms with Gasteiger partial charge in [0.1, 0.15) is 17.8 Å². The molecule has 1 saturated heterocycles. The zero-order valence-electron chi connectivity index (χ0n) is 15.6. The molecule has 1 N–H and O–H groups in total. The molecule has 0 spiro atoms. The maximum Gasteiger partial charge on any atom is 0.339 e. The van der Waals surface area contributed by atoms with Gasteiger partial charge in [0, 0.05) is 18.7 Å². The smallest absolute Gasteiger partial charge is 0.339 e. The molecule has 2 heterocycles. The number of hydrogen-bond donors (Lipinski definition) is 1. The molecule has 1 aromatic heterocycles. The maximum atomic E-state index is 12.9. The van der Waals surface area contributed by atoms with Crippen LogP contribution in [-0.2, 0) is 4.74 Å². The van der Waals surface area contributed by atoms with Crippen molar-refractivity contribution in [2.45, 2.75) is 38.6 Å². The number of para-hydroxylation sites is 1. The number of carbonyl (C=O) groups is 2. The molecule has 3 rings (SSSR count). The Balaban J connectivity index is 1.82. The molecule has 1 aliphatic heterocycles. The van der Waals surface area contributed by atoms with Crippen LogP contribution in [0.4, 0.5) is 11.5 Å². The summed E-state index contributed by atoms with van der Waals surface area (Å²) in [7, 11) is 1.34. The normalized spacial score (nSPS) is 16.7. The fourth-order valence-corrected chi connectivity index (χ4v) is 3.40. The van der Waals surface area contributed by atoms with Crippen molar-refractivity contribution >= 4 is 23.4 Å². The Bertz CT molecular complexity index is 824. The molecule has 27 heavy (non-hydrogen) atoms. The fourth-order valence-electron chi connectivity index (χ4n) is 3.40. The van der Waals surface area contributed by atoms with Crippen LogP contribution in [0, 0.1) is 0 Å². The molecule has 1 aliphatic rings. The molecular formula is C20H24N4O3. The number of nitrogens with zero attached hydrogens (tertiary/aromatic N) is 3. The van der Waals surface area contributed by atoms with Gasteiger partial charge in [-0.1, -0.05) is 19.1 Å². The monoisotopic (exact) mass is 368 g/mol. The van der Waals surface area contributed by atoms with Crippen LogP contribution in [0.3, 0.4) is 0 Å². The highest BCUT2D eigenvalue weighted by atomic mass is 16.5. The zero-order valence-corrected chi connectivity index (χ0v) is 15.6. The number of rotatable bonds is 5. The maximum absolute atomic E-state index is 12.9. The lowest BCUT2D eigenvalue weighted by atomic mass is 9.99. The molecule has 0 saturated carbocycles. The van der Waals surface area contributed by atoms with E-state index in [1.807, 2.05) is 11.0 Å². The number of piperidine rings is 1. The van der Waals surface area contributed by atoms with Gasteiger partial charge in [0.05, 0.1) is 18.4 Å². The minimum atomic E-state index is -0.442. The van der Waals surface area contributed by atoms with E-state index in [4.69, 9.17) is 4.74 Å². The molecular weight excluding hydrogens is 344 g/mol. The Morgan fingerprint density at radius 1 is 1.26 bits per heavy atom. The Morgan fingerprint density at radius 2 is 2.07 bits per heavy atom. The van der Waals surface area contributed by atoms with Gasteiger partial charge >= 0.3 is 5.97 Å². The first kappa shape index (κ1) is 18.8. The number of methoxy groups -OCH3 is 1. The van der Waals surface area contributed by atoms with Crippen LogP contribution in [0.5, 0.6) is 0 Å². The number of esters is 1. The van der Waals surface area contributed by atoms with E-state index in [1.165, 1.54) is 13.4 Å². The van der Waals surface area contributed by atoms with Crippen LogP contribution in [0.2, 0.25) is 0 Å². The topological polar surface area (TPSA) is 84.4 Å². The molecule has 1 amide bonds. The minimum absolute atomic E-state index is 0.0757. The van der Waals surface area contributed by atoms with Gasteiger partial charge in [-0.15, -0.1) is 0 Å². The van der Waals surface area contributed by atoms with E-state index < -0.39 is 5.97 Å². The Labute approximate surface area is 158 Å². The predicted molar refractivity (Wildman–Crippen MR) is 102 cm³/mol. The number of anilines is 2. The zero-order chi connectivity index (χ0) is 19.2. The van der Waals surface area contributed by atoms with Crippen LogP contribution < -0.4 is 5.32 Å². The third-order valence-electron chi connectivity index (χ3n) is 4.84. The Kier molecular flexibility index (Phi) is 6.01. The number of nitrogens with one attached hydrogen (secondary N) is 1. The highest BCUT2D eigenvalue weighted by molar-refractivity contribution is 5.97. The van der Waals surface area contributed by atoms with E-state index in [9.17, 15) is 9.59 Å². The molecule has 1 atom stereocenters. The molecule has 0 bridgehead atoms. The van der Waals surface area contributed by atoms with Crippen LogP contribution in [-0.4, -0.2) is 46.4 Å². The lowest BCUT2D eigenvalue weighted by Crippen LogP contribution is -2.43. The third kappa shape index (κ3) is 4.24. The number of likely N-dealkylation sites (tertiary alicyclic amines) is 1. The van der Waals surface area contributed by atoms with E-state index in [0.29, 0.717) is 22.8 Å². The van der Waals surface area contributed by atoms with Crippen LogP contribution in [0.1, 0.15) is 53.5 Å². The molecule has 1 fully saturated rings. The highest BCUT2D eigenvalue weighted by Crippen LogP contribution is 2.23. The van der Waals surface area contributed by atoms with Gasteiger partial charge in [0.2, 0.25) is 0 Å². The summed E-state index contributed by atoms with van der Waals surface area (Å²) in [5.74, 6) is -0.0643. The van der Waals surface area contributed by atoms with Gasteiger partial charge in [0.15, 0.2) is 0 Å². The van der Waals surface area contributed by atoms with Gasteiger partial charge in [-0.25, -0.2) is 14.8 Å². The first-order valence-corrected chi connectivity index (χ1v) is 9.21. The number of ether oxygens (including phenoxy) is 1. The second kappa shape index (κ2) is 8.62. The minimum Gasteiger partial charge on any atom is -0.465 e. The molecule has 142 valence electrons. The SMILES string of the molecule is CCC1CCCCN1C(=O)c1cc(Nc2ccccc2C(=O)OC)ncn1. The molecule has 1 unspecified atom stereocenters. The lowest BCUT2D eigenvalue weighted by molar-refractivity contribution is 0.0593. The molecule has 7 heteroatoms. The second-order valence-corrected chi connectivity index (χ2v) is 6.51. The fraction of sp³-hybridized carbons (Fsp3) is 0.400. The summed E-state index contributed by atoms with van der Waals surface area (Å²) in [5, 5.41) is 3.09. The second-order valence-electron chi connectivity index (χ2n) is 6.51. The number of hydrogen-bond acceptors (Lipinski definition) is 6. The standard InChI is InChI=1S/C20H24N4O3/c1-3-14-8-6-7-11-24(14)19(25)17-12-18(22-13-21-17)23-16-10-5-4-9-15(16)20(26)27-2/h4-5,9-10,12-14H,3,6-8,11H2,1-2H3,(H,21,22,23). The molecule has 0 radical (unpaired) electrons. The van der Waals surface area contributed by atoms with Crippen molar-refractivity contribution in [3.05, 3.63) is 47.9 Å². The summed E-state index contributed by atoms with van der Waals surface area (Å²) >= 11 is 0. The van der Waals surface area contributed by atoms with Crippen molar-refractivity contribution in [2.75, 3.05) is 19.0 Å². The summed E-state index contributed by atoms with van der Waals surface area (Å²) in [6, 6.07) is 8.87. The highest BCUT2D eigenvalue weighted by Gasteiger charge is 2.27. The van der Waals surface area contributed by atoms with Crippen molar-refractivity contribution < 1.29 is 14.3 Å². The van der Waals surface area contributed by atoms with Gasteiger partial charge in [-0.2, -0.15) is 0 Å². The first-order chi connectivity index (χ1) is 13.1. The average molecular weight is 368 g/mol. The average Bonchev–Trinajstić information content (AvgIpc) is 2.73. The summed E-state index contributed by atoms with van der Waals surface area (Å²) in [4.78, 5) is 35.1. The van der Waals surface area contributed by atoms with Crippen molar-refractivity contribution in [2.24, 2.45) is 0 Å². The summed E-state index contributed by atoms with van der Waals surface area (Å²) in [6.45, 7) is 2.86. The van der Waals surface area contributed by atoms with Gasteiger partial charge < -0.3 is 15.0 Å². The van der Waals surface area contributed by atoms with E-state index in [2.05, 4.69) is 22.2 Å². The number of amides is 1. The lowest BCUT2D eigenvalue weighted by Gasteiger charge is -2.35. The van der Waals surface area contributed by atoms with E-state index in [0.717, 1.165) is 32.2 Å². The van der Waals surface area contributed by atoms with E-state index in [1.54, 1.807) is 24.3 Å². The van der Waals surface area contributed by atoms with Crippen LogP contribution in [0.15, 0.2) is 36.7 Å². The van der Waals surface area contributed by atoms with Crippen molar-refractivity contribution in [3.63, 3.8) is 0 Å². The summed E-state index contributed by atoms with van der Waals surface area (Å²) in [5.41, 5.74) is 1.31. The van der Waals surface area contributed by atoms with E-state index in [-0.39, 0.29) is 11.9 Å². The predicted octanol–water partition coefficient (Wildman–Crippen LogP) is 3.41. The number of benzene rings is 1. The van der Waals surface area contributed by atoms with Crippen LogP contribution >= 0.6 is 0 Å². The molecule has 7 nitrogen and oxygen atoms in total. The quantitative estimate of drug-likeness (QED) is 0.814. The van der Waals surface area contributed by atoms with Crippen molar-refractivity contribution in [1.82, 2.24) is 14.9 Å². The van der Waals surface area contributed by atoms with Gasteiger partial charge in [-0.3, -0.25) is 4.79 Å².